The summed E-state index contributed by atoms with van der Waals surface area (Å²) in [5, 5.41) is 9.36. The number of fused-ring (bicyclic) bond motifs is 1. The highest BCUT2D eigenvalue weighted by Crippen LogP contribution is 2.35. The van der Waals surface area contributed by atoms with Crippen LogP contribution in [0.1, 0.15) is 12.5 Å². The van der Waals surface area contributed by atoms with Gasteiger partial charge in [-0.3, -0.25) is 0 Å². The molecule has 0 saturated carbocycles. The summed E-state index contributed by atoms with van der Waals surface area (Å²) in [4.78, 5) is 2.00. The molecule has 1 heterocycles. The van der Waals surface area contributed by atoms with Gasteiger partial charge in [0.15, 0.2) is 11.5 Å². The minimum absolute atomic E-state index is 0.407. The van der Waals surface area contributed by atoms with Crippen molar-refractivity contribution >= 4 is 5.69 Å². The molecule has 1 aromatic carbocycles. The molecule has 0 N–H and O–H groups in total. The van der Waals surface area contributed by atoms with Crippen molar-refractivity contribution in [2.45, 2.75) is 6.92 Å². The first-order chi connectivity index (χ1) is 10.8. The van der Waals surface area contributed by atoms with Crippen molar-refractivity contribution in [1.29, 1.82) is 5.26 Å². The maximum absolute atomic E-state index is 9.36. The van der Waals surface area contributed by atoms with Gasteiger partial charge in [0.05, 0.1) is 37.7 Å². The molecule has 0 saturated heterocycles. The molecule has 6 nitrogen and oxygen atoms in total. The molecular formula is C16H22N2O4. The van der Waals surface area contributed by atoms with E-state index in [1.807, 2.05) is 24.9 Å². The van der Waals surface area contributed by atoms with E-state index in [2.05, 4.69) is 6.07 Å². The monoisotopic (exact) mass is 306 g/mol. The Morgan fingerprint density at radius 3 is 2.09 bits per heavy atom. The lowest BCUT2D eigenvalue weighted by Crippen LogP contribution is -2.19. The van der Waals surface area contributed by atoms with Crippen LogP contribution < -0.4 is 14.4 Å². The van der Waals surface area contributed by atoms with E-state index in [0.29, 0.717) is 56.7 Å². The Labute approximate surface area is 131 Å². The number of anilines is 1. The van der Waals surface area contributed by atoms with Crippen molar-refractivity contribution in [3.8, 4) is 17.6 Å². The summed E-state index contributed by atoms with van der Waals surface area (Å²) < 4.78 is 22.3. The van der Waals surface area contributed by atoms with Gasteiger partial charge < -0.3 is 23.8 Å². The molecule has 6 heteroatoms. The van der Waals surface area contributed by atoms with E-state index in [1.165, 1.54) is 0 Å². The number of benzene rings is 1. The molecule has 0 amide bonds. The number of nitriles is 1. The summed E-state index contributed by atoms with van der Waals surface area (Å²) >= 11 is 0. The third kappa shape index (κ3) is 4.26. The first kappa shape index (κ1) is 16.4. The predicted octanol–water partition coefficient (Wildman–Crippen LogP) is 1.82. The van der Waals surface area contributed by atoms with Crippen LogP contribution in [0, 0.1) is 11.3 Å². The highest BCUT2D eigenvalue weighted by Gasteiger charge is 2.15. The predicted molar refractivity (Wildman–Crippen MR) is 82.7 cm³/mol. The molecule has 22 heavy (non-hydrogen) atoms. The van der Waals surface area contributed by atoms with Crippen molar-refractivity contribution in [3.05, 3.63) is 17.7 Å². The first-order valence-electron chi connectivity index (χ1n) is 7.46. The molecule has 0 aliphatic carbocycles. The van der Waals surface area contributed by atoms with Gasteiger partial charge in [-0.25, -0.2) is 0 Å². The number of rotatable bonds is 2. The van der Waals surface area contributed by atoms with Crippen LogP contribution >= 0.6 is 0 Å². The van der Waals surface area contributed by atoms with Crippen LogP contribution in [0.4, 0.5) is 5.69 Å². The Morgan fingerprint density at radius 1 is 1.00 bits per heavy atom. The molecule has 120 valence electrons. The van der Waals surface area contributed by atoms with Crippen molar-refractivity contribution in [1.82, 2.24) is 0 Å². The fourth-order valence-corrected chi connectivity index (χ4v) is 2.09. The molecule has 0 spiro atoms. The Kier molecular flexibility index (Phi) is 6.31. The standard InChI is InChI=1S/C16H22N2O4/c1-3-18(2)14-11-16-15(10-13(14)12-17)21-8-6-19-4-5-20-7-9-22-16/h10-11H,3-9H2,1-2H3. The van der Waals surface area contributed by atoms with E-state index in [9.17, 15) is 5.26 Å². The van der Waals surface area contributed by atoms with E-state index in [4.69, 9.17) is 18.9 Å². The fourth-order valence-electron chi connectivity index (χ4n) is 2.09. The number of nitrogens with zero attached hydrogens (tertiary/aromatic N) is 2. The number of ether oxygens (including phenoxy) is 4. The van der Waals surface area contributed by atoms with E-state index < -0.39 is 0 Å². The first-order valence-corrected chi connectivity index (χ1v) is 7.46. The Hall–Kier alpha value is -1.97. The fraction of sp³-hybridized carbons (Fsp3) is 0.562. The van der Waals surface area contributed by atoms with Gasteiger partial charge in [-0.2, -0.15) is 5.26 Å². The Bertz CT molecular complexity index is 528. The Balaban J connectivity index is 2.28. The van der Waals surface area contributed by atoms with E-state index in [1.54, 1.807) is 6.07 Å². The van der Waals surface area contributed by atoms with Crippen molar-refractivity contribution in [3.63, 3.8) is 0 Å². The molecule has 1 aromatic rings. The second-order valence-electron chi connectivity index (χ2n) is 4.86. The van der Waals surface area contributed by atoms with Crippen LogP contribution in [0.25, 0.3) is 0 Å². The van der Waals surface area contributed by atoms with Gasteiger partial charge in [0.2, 0.25) is 0 Å². The van der Waals surface area contributed by atoms with Crippen LogP contribution in [0.3, 0.4) is 0 Å². The van der Waals surface area contributed by atoms with Crippen LogP contribution in [0.2, 0.25) is 0 Å². The summed E-state index contributed by atoms with van der Waals surface area (Å²) in [6.45, 7) is 5.71. The van der Waals surface area contributed by atoms with Crippen LogP contribution in [-0.2, 0) is 9.47 Å². The molecule has 2 rings (SSSR count). The molecule has 0 radical (unpaired) electrons. The number of hydrogen-bond donors (Lipinski definition) is 0. The van der Waals surface area contributed by atoms with E-state index >= 15 is 0 Å². The van der Waals surface area contributed by atoms with Crippen molar-refractivity contribution in [2.75, 3.05) is 58.1 Å². The highest BCUT2D eigenvalue weighted by atomic mass is 16.6. The molecule has 0 fully saturated rings. The van der Waals surface area contributed by atoms with Gasteiger partial charge >= 0.3 is 0 Å². The summed E-state index contributed by atoms with van der Waals surface area (Å²) in [7, 11) is 1.94. The van der Waals surface area contributed by atoms with Crippen molar-refractivity contribution in [2.24, 2.45) is 0 Å². The van der Waals surface area contributed by atoms with Crippen LogP contribution in [-0.4, -0.2) is 53.2 Å². The highest BCUT2D eigenvalue weighted by molar-refractivity contribution is 5.66. The topological polar surface area (TPSA) is 64.0 Å². The molecule has 0 aromatic heterocycles. The van der Waals surface area contributed by atoms with E-state index in [-0.39, 0.29) is 0 Å². The zero-order valence-electron chi connectivity index (χ0n) is 13.1. The lowest BCUT2D eigenvalue weighted by molar-refractivity contribution is 0.0223. The molecule has 0 atom stereocenters. The average Bonchev–Trinajstić information content (AvgIpc) is 2.54. The molecule has 0 unspecified atom stereocenters. The maximum atomic E-state index is 9.36. The minimum atomic E-state index is 0.407. The minimum Gasteiger partial charge on any atom is -0.487 e. The molecule has 1 aliphatic rings. The smallest absolute Gasteiger partial charge is 0.163 e. The summed E-state index contributed by atoms with van der Waals surface area (Å²) in [5.41, 5.74) is 1.40. The van der Waals surface area contributed by atoms with Gasteiger partial charge in [0.1, 0.15) is 19.3 Å². The average molecular weight is 306 g/mol. The van der Waals surface area contributed by atoms with Gasteiger partial charge in [-0.05, 0) is 6.92 Å². The third-order valence-electron chi connectivity index (χ3n) is 3.41. The van der Waals surface area contributed by atoms with E-state index in [0.717, 1.165) is 12.2 Å². The van der Waals surface area contributed by atoms with Crippen molar-refractivity contribution < 1.29 is 18.9 Å². The van der Waals surface area contributed by atoms with Gasteiger partial charge in [0.25, 0.3) is 0 Å². The lowest BCUT2D eigenvalue weighted by Gasteiger charge is -2.21. The molecule has 1 aliphatic heterocycles. The normalized spacial score (nSPS) is 16.0. The maximum Gasteiger partial charge on any atom is 0.163 e. The second-order valence-corrected chi connectivity index (χ2v) is 4.86. The SMILES string of the molecule is CCN(C)c1cc2c(cc1C#N)OCCOCCOCCO2. The van der Waals surface area contributed by atoms with Crippen LogP contribution in [0.5, 0.6) is 11.5 Å². The second kappa shape index (κ2) is 8.47. The quantitative estimate of drug-likeness (QED) is 0.830. The zero-order chi connectivity index (χ0) is 15.8. The number of hydrogen-bond acceptors (Lipinski definition) is 6. The largest absolute Gasteiger partial charge is 0.487 e. The van der Waals surface area contributed by atoms with Gasteiger partial charge in [-0.1, -0.05) is 0 Å². The summed E-state index contributed by atoms with van der Waals surface area (Å²) in [6.07, 6.45) is 0. The summed E-state index contributed by atoms with van der Waals surface area (Å²) in [6, 6.07) is 5.79. The van der Waals surface area contributed by atoms with Crippen LogP contribution in [0.15, 0.2) is 12.1 Å². The molecule has 0 bridgehead atoms. The molecular weight excluding hydrogens is 284 g/mol. The van der Waals surface area contributed by atoms with Gasteiger partial charge in [-0.15, -0.1) is 0 Å². The van der Waals surface area contributed by atoms with Gasteiger partial charge in [0, 0.05) is 25.7 Å². The summed E-state index contributed by atoms with van der Waals surface area (Å²) in [5.74, 6) is 1.19. The lowest BCUT2D eigenvalue weighted by atomic mass is 10.1. The Morgan fingerprint density at radius 2 is 1.55 bits per heavy atom. The zero-order valence-corrected chi connectivity index (χ0v) is 13.1. The third-order valence-corrected chi connectivity index (χ3v) is 3.41.